The fourth-order valence-corrected chi connectivity index (χ4v) is 12.2. The molecule has 0 spiro atoms. The minimum absolute atomic E-state index is 0.634. The predicted molar refractivity (Wildman–Crippen MR) is 296 cm³/mol. The van der Waals surface area contributed by atoms with Crippen molar-refractivity contribution in [2.75, 3.05) is 0 Å². The molecular weight excluding hydrogens is 889 g/mol. The van der Waals surface area contributed by atoms with E-state index in [-0.39, 0.29) is 0 Å². The SMILES string of the molecule is c1ccc(-c2nc(-c3cc(-c4cccc(-c5ccc6sc7ccccc7c6c5)c4)cc(-c4cccc(-c5ccc6sc7ccccc7c6c5)c4)c3)cc(-c3ccc4ccc5cccnc5c4n3)n2)cc1. The monoisotopic (exact) mass is 926 g/mol. The number of thiophene rings is 2. The van der Waals surface area contributed by atoms with Crippen LogP contribution in [0.3, 0.4) is 0 Å². The van der Waals surface area contributed by atoms with Crippen LogP contribution in [-0.4, -0.2) is 19.9 Å². The van der Waals surface area contributed by atoms with Crippen molar-refractivity contribution >= 4 is 84.8 Å². The van der Waals surface area contributed by atoms with Gasteiger partial charge in [0, 0.05) is 68.4 Å². The summed E-state index contributed by atoms with van der Waals surface area (Å²) in [7, 11) is 0. The van der Waals surface area contributed by atoms with E-state index < -0.39 is 0 Å². The van der Waals surface area contributed by atoms with Crippen molar-refractivity contribution in [2.45, 2.75) is 0 Å². The molecule has 14 rings (SSSR count). The van der Waals surface area contributed by atoms with Crippen molar-refractivity contribution in [3.05, 3.63) is 231 Å². The molecule has 326 valence electrons. The van der Waals surface area contributed by atoms with Gasteiger partial charge in [0.25, 0.3) is 0 Å². The average molecular weight is 927 g/mol. The van der Waals surface area contributed by atoms with Gasteiger partial charge in [-0.25, -0.2) is 15.0 Å². The standard InChI is InChI=1S/C64H38N4S2/c1-2-11-41(12-3-1)64-67-56(38-57(68-64)55-27-24-40-23-22-39-17-10-30-65-62(39)63(40)66-55)50-34-48(44-15-8-13-42(31-44)46-25-28-60-53(36-46)51-18-4-6-20-58(51)69-60)33-49(35-50)45-16-9-14-43(32-45)47-26-29-61-54(37-47)52-19-5-7-21-59(52)70-61/h1-38H. The molecule has 70 heavy (non-hydrogen) atoms. The fourth-order valence-electron chi connectivity index (χ4n) is 9.99. The molecule has 0 aliphatic rings. The van der Waals surface area contributed by atoms with Crippen molar-refractivity contribution in [1.29, 1.82) is 0 Å². The van der Waals surface area contributed by atoms with Gasteiger partial charge in [-0.15, -0.1) is 22.7 Å². The molecule has 6 heteroatoms. The molecule has 0 atom stereocenters. The van der Waals surface area contributed by atoms with Gasteiger partial charge in [-0.05, 0) is 129 Å². The molecule has 0 unspecified atom stereocenters. The summed E-state index contributed by atoms with van der Waals surface area (Å²) in [5, 5.41) is 7.25. The van der Waals surface area contributed by atoms with Crippen LogP contribution in [0, 0.1) is 0 Å². The van der Waals surface area contributed by atoms with E-state index in [4.69, 9.17) is 19.9 Å². The first-order valence-electron chi connectivity index (χ1n) is 23.4. The van der Waals surface area contributed by atoms with Gasteiger partial charge in [-0.2, -0.15) is 0 Å². The molecule has 14 aromatic rings. The summed E-state index contributed by atoms with van der Waals surface area (Å²) in [6.45, 7) is 0. The maximum absolute atomic E-state index is 5.36. The van der Waals surface area contributed by atoms with Gasteiger partial charge in [0.15, 0.2) is 5.82 Å². The zero-order chi connectivity index (χ0) is 46.1. The molecule has 0 amide bonds. The lowest BCUT2D eigenvalue weighted by molar-refractivity contribution is 1.17. The summed E-state index contributed by atoms with van der Waals surface area (Å²) < 4.78 is 5.21. The molecular formula is C64H38N4S2. The highest BCUT2D eigenvalue weighted by Gasteiger charge is 2.17. The Morgan fingerprint density at radius 3 is 1.39 bits per heavy atom. The Hall–Kier alpha value is -8.68. The molecule has 0 radical (unpaired) electrons. The van der Waals surface area contributed by atoms with Crippen LogP contribution in [0.25, 0.3) is 141 Å². The lowest BCUT2D eigenvalue weighted by atomic mass is 9.91. The average Bonchev–Trinajstić information content (AvgIpc) is 4.01. The van der Waals surface area contributed by atoms with Gasteiger partial charge in [0.2, 0.25) is 0 Å². The van der Waals surface area contributed by atoms with Crippen LogP contribution in [0.1, 0.15) is 0 Å². The molecule has 0 bridgehead atoms. The van der Waals surface area contributed by atoms with Gasteiger partial charge < -0.3 is 0 Å². The van der Waals surface area contributed by atoms with E-state index in [1.807, 2.05) is 53.1 Å². The Labute approximate surface area is 411 Å². The van der Waals surface area contributed by atoms with Crippen LogP contribution in [0.4, 0.5) is 0 Å². The first-order chi connectivity index (χ1) is 34.6. The van der Waals surface area contributed by atoms with Crippen LogP contribution >= 0.6 is 22.7 Å². The third-order valence-electron chi connectivity index (χ3n) is 13.5. The van der Waals surface area contributed by atoms with Gasteiger partial charge in [0.05, 0.1) is 28.1 Å². The largest absolute Gasteiger partial charge is 0.254 e. The van der Waals surface area contributed by atoms with E-state index in [1.165, 1.54) is 62.6 Å². The van der Waals surface area contributed by atoms with Crippen LogP contribution < -0.4 is 0 Å². The van der Waals surface area contributed by atoms with Crippen LogP contribution in [0.5, 0.6) is 0 Å². The number of aromatic nitrogens is 4. The third kappa shape index (κ3) is 7.12. The molecule has 4 nitrogen and oxygen atoms in total. The van der Waals surface area contributed by atoms with Crippen LogP contribution in [-0.2, 0) is 0 Å². The first-order valence-corrected chi connectivity index (χ1v) is 25.0. The van der Waals surface area contributed by atoms with Gasteiger partial charge >= 0.3 is 0 Å². The Morgan fingerprint density at radius 2 is 0.743 bits per heavy atom. The topological polar surface area (TPSA) is 51.6 Å². The van der Waals surface area contributed by atoms with Crippen molar-refractivity contribution < 1.29 is 0 Å². The summed E-state index contributed by atoms with van der Waals surface area (Å²) in [5.41, 5.74) is 15.1. The van der Waals surface area contributed by atoms with Gasteiger partial charge in [-0.1, -0.05) is 140 Å². The second kappa shape index (κ2) is 16.5. The number of rotatable bonds is 7. The second-order valence-corrected chi connectivity index (χ2v) is 20.0. The summed E-state index contributed by atoms with van der Waals surface area (Å²) in [6.07, 6.45) is 1.83. The maximum atomic E-state index is 5.36. The molecule has 0 saturated carbocycles. The summed E-state index contributed by atoms with van der Waals surface area (Å²) in [6, 6.07) is 80.7. The van der Waals surface area contributed by atoms with Crippen LogP contribution in [0.2, 0.25) is 0 Å². The maximum Gasteiger partial charge on any atom is 0.160 e. The summed E-state index contributed by atoms with van der Waals surface area (Å²) in [5.74, 6) is 0.634. The second-order valence-electron chi connectivity index (χ2n) is 17.8. The molecule has 9 aromatic carbocycles. The molecule has 0 aliphatic heterocycles. The summed E-state index contributed by atoms with van der Waals surface area (Å²) in [4.78, 5) is 20.6. The normalized spacial score (nSPS) is 11.7. The van der Waals surface area contributed by atoms with Crippen molar-refractivity contribution in [2.24, 2.45) is 0 Å². The molecule has 0 aliphatic carbocycles. The minimum Gasteiger partial charge on any atom is -0.254 e. The smallest absolute Gasteiger partial charge is 0.160 e. The highest BCUT2D eigenvalue weighted by atomic mass is 32.1. The molecule has 5 heterocycles. The lowest BCUT2D eigenvalue weighted by Gasteiger charge is -2.14. The van der Waals surface area contributed by atoms with E-state index in [9.17, 15) is 0 Å². The van der Waals surface area contributed by atoms with Gasteiger partial charge in [0.1, 0.15) is 0 Å². The van der Waals surface area contributed by atoms with E-state index in [1.54, 1.807) is 0 Å². The minimum atomic E-state index is 0.634. The third-order valence-corrected chi connectivity index (χ3v) is 15.8. The Morgan fingerprint density at radius 1 is 0.257 bits per heavy atom. The first kappa shape index (κ1) is 40.4. The van der Waals surface area contributed by atoms with Crippen molar-refractivity contribution in [3.63, 3.8) is 0 Å². The van der Waals surface area contributed by atoms with Crippen molar-refractivity contribution in [1.82, 2.24) is 19.9 Å². The molecule has 0 fully saturated rings. The number of hydrogen-bond donors (Lipinski definition) is 0. The number of hydrogen-bond acceptors (Lipinski definition) is 6. The number of benzene rings is 9. The van der Waals surface area contributed by atoms with Gasteiger partial charge in [-0.3, -0.25) is 4.98 Å². The number of nitrogens with zero attached hydrogens (tertiary/aromatic N) is 4. The van der Waals surface area contributed by atoms with E-state index in [2.05, 4.69) is 200 Å². The molecule has 0 N–H and O–H groups in total. The molecule has 5 aromatic heterocycles. The van der Waals surface area contributed by atoms with E-state index in [0.29, 0.717) is 5.82 Å². The fraction of sp³-hybridized carbons (Fsp3) is 0. The number of pyridine rings is 2. The highest BCUT2D eigenvalue weighted by molar-refractivity contribution is 7.26. The Bertz CT molecular complexity index is 4200. The zero-order valence-electron chi connectivity index (χ0n) is 37.5. The number of fused-ring (bicyclic) bond motifs is 9. The van der Waals surface area contributed by atoms with E-state index in [0.717, 1.165) is 72.3 Å². The quantitative estimate of drug-likeness (QED) is 0.149. The Balaban J connectivity index is 0.950. The predicted octanol–water partition coefficient (Wildman–Crippen LogP) is 18.0. The zero-order valence-corrected chi connectivity index (χ0v) is 39.2. The highest BCUT2D eigenvalue weighted by Crippen LogP contribution is 2.41. The summed E-state index contributed by atoms with van der Waals surface area (Å²) >= 11 is 3.70. The molecule has 0 saturated heterocycles. The van der Waals surface area contributed by atoms with E-state index >= 15 is 0 Å². The van der Waals surface area contributed by atoms with Crippen LogP contribution in [0.15, 0.2) is 231 Å². The lowest BCUT2D eigenvalue weighted by Crippen LogP contribution is -1.98. The van der Waals surface area contributed by atoms with Crippen molar-refractivity contribution in [3.8, 4) is 78.5 Å². The Kier molecular flexibility index (Phi) is 9.54.